The van der Waals surface area contributed by atoms with Crippen LogP contribution in [0.25, 0.3) is 0 Å². The number of esters is 1. The van der Waals surface area contributed by atoms with E-state index in [9.17, 15) is 14.4 Å². The van der Waals surface area contributed by atoms with Crippen molar-refractivity contribution >= 4 is 18.5 Å². The summed E-state index contributed by atoms with van der Waals surface area (Å²) in [7, 11) is 3.05. The fourth-order valence-electron chi connectivity index (χ4n) is 2.23. The highest BCUT2D eigenvalue weighted by Gasteiger charge is 2.22. The van der Waals surface area contributed by atoms with Gasteiger partial charge in [0.15, 0.2) is 0 Å². The molecule has 0 rings (SSSR count). The van der Waals surface area contributed by atoms with Crippen LogP contribution in [0.3, 0.4) is 0 Å². The van der Waals surface area contributed by atoms with E-state index in [0.717, 1.165) is 6.42 Å². The number of rotatable bonds is 16. The van der Waals surface area contributed by atoms with Crippen LogP contribution in [0.5, 0.6) is 0 Å². The normalized spacial score (nSPS) is 13.0. The maximum Gasteiger partial charge on any atom is 0.410 e. The zero-order valence-corrected chi connectivity index (χ0v) is 20.2. The van der Waals surface area contributed by atoms with Gasteiger partial charge in [-0.05, 0) is 46.6 Å². The highest BCUT2D eigenvalue weighted by molar-refractivity contribution is 5.91. The lowest BCUT2D eigenvalue weighted by Crippen LogP contribution is -2.36. The van der Waals surface area contributed by atoms with E-state index in [4.69, 9.17) is 23.7 Å². The molecule has 0 saturated carbocycles. The Morgan fingerprint density at radius 1 is 1.06 bits per heavy atom. The summed E-state index contributed by atoms with van der Waals surface area (Å²) >= 11 is 0. The van der Waals surface area contributed by atoms with Gasteiger partial charge in [0.05, 0.1) is 37.0 Å². The van der Waals surface area contributed by atoms with E-state index < -0.39 is 24.0 Å². The first-order valence-corrected chi connectivity index (χ1v) is 10.3. The second-order valence-corrected chi connectivity index (χ2v) is 8.22. The van der Waals surface area contributed by atoms with Gasteiger partial charge in [0.25, 0.3) is 0 Å². The Balaban J connectivity index is 4.34. The van der Waals surface area contributed by atoms with Gasteiger partial charge in [0.1, 0.15) is 5.76 Å². The van der Waals surface area contributed by atoms with Crippen molar-refractivity contribution in [2.45, 2.75) is 65.0 Å². The van der Waals surface area contributed by atoms with E-state index >= 15 is 0 Å². The van der Waals surface area contributed by atoms with Crippen LogP contribution in [-0.2, 0) is 33.3 Å². The summed E-state index contributed by atoms with van der Waals surface area (Å²) in [5.41, 5.74) is -0.734. The molecule has 0 saturated heterocycles. The SMILES string of the molecule is C=C(C=C(CNC=O)OC)C(=O)OC(C)OC(=O)NCCC(C)(C)OCCC(C)(C)OC. The highest BCUT2D eigenvalue weighted by atomic mass is 16.7. The minimum absolute atomic E-state index is 0.0269. The maximum atomic E-state index is 12.0. The van der Waals surface area contributed by atoms with Crippen molar-refractivity contribution in [2.75, 3.05) is 33.9 Å². The lowest BCUT2D eigenvalue weighted by atomic mass is 10.0. The number of amides is 2. The average Bonchev–Trinajstić information content (AvgIpc) is 2.70. The number of carbonyl (C=O) groups is 3. The Morgan fingerprint density at radius 2 is 1.72 bits per heavy atom. The minimum Gasteiger partial charge on any atom is -0.499 e. The molecule has 0 bridgehead atoms. The van der Waals surface area contributed by atoms with Gasteiger partial charge < -0.3 is 34.3 Å². The van der Waals surface area contributed by atoms with Gasteiger partial charge in [0.2, 0.25) is 12.7 Å². The molecule has 10 heteroatoms. The zero-order valence-electron chi connectivity index (χ0n) is 20.2. The lowest BCUT2D eigenvalue weighted by molar-refractivity contribution is -0.159. The van der Waals surface area contributed by atoms with Gasteiger partial charge in [0, 0.05) is 20.6 Å². The van der Waals surface area contributed by atoms with Crippen molar-refractivity contribution in [2.24, 2.45) is 0 Å². The summed E-state index contributed by atoms with van der Waals surface area (Å²) in [6.45, 7) is 13.8. The number of alkyl carbamates (subject to hydrolysis) is 1. The van der Waals surface area contributed by atoms with Crippen LogP contribution < -0.4 is 10.6 Å². The Labute approximate surface area is 190 Å². The van der Waals surface area contributed by atoms with E-state index in [1.807, 2.05) is 27.7 Å². The fraction of sp³-hybridized carbons (Fsp3) is 0.682. The number of hydrogen-bond acceptors (Lipinski definition) is 8. The summed E-state index contributed by atoms with van der Waals surface area (Å²) in [4.78, 5) is 34.3. The summed E-state index contributed by atoms with van der Waals surface area (Å²) in [6.07, 6.45) is 1.26. The van der Waals surface area contributed by atoms with E-state index in [1.165, 1.54) is 20.1 Å². The summed E-state index contributed by atoms with van der Waals surface area (Å²) in [5.74, 6) is -0.486. The third-order valence-electron chi connectivity index (χ3n) is 4.51. The molecule has 0 aliphatic heterocycles. The molecule has 1 unspecified atom stereocenters. The molecular weight excluding hydrogens is 420 g/mol. The third kappa shape index (κ3) is 13.7. The molecule has 0 fully saturated rings. The van der Waals surface area contributed by atoms with Crippen molar-refractivity contribution in [1.29, 1.82) is 0 Å². The second-order valence-electron chi connectivity index (χ2n) is 8.22. The first kappa shape index (κ1) is 29.4. The van der Waals surface area contributed by atoms with Crippen molar-refractivity contribution in [3.05, 3.63) is 24.0 Å². The van der Waals surface area contributed by atoms with Crippen LogP contribution in [0.1, 0.15) is 47.5 Å². The van der Waals surface area contributed by atoms with Gasteiger partial charge in [-0.2, -0.15) is 0 Å². The van der Waals surface area contributed by atoms with E-state index in [1.54, 1.807) is 7.11 Å². The van der Waals surface area contributed by atoms with Crippen molar-refractivity contribution in [3.63, 3.8) is 0 Å². The Hall–Kier alpha value is -2.59. The predicted octanol–water partition coefficient (Wildman–Crippen LogP) is 2.43. The Bertz CT molecular complexity index is 658. The van der Waals surface area contributed by atoms with Crippen LogP contribution in [0.4, 0.5) is 4.79 Å². The van der Waals surface area contributed by atoms with E-state index in [0.29, 0.717) is 31.7 Å². The molecule has 0 aliphatic carbocycles. The molecule has 0 aromatic carbocycles. The molecule has 0 spiro atoms. The molecule has 0 heterocycles. The molecule has 1 atom stereocenters. The van der Waals surface area contributed by atoms with Crippen molar-refractivity contribution < 1.29 is 38.1 Å². The third-order valence-corrected chi connectivity index (χ3v) is 4.51. The zero-order chi connectivity index (χ0) is 24.8. The topological polar surface area (TPSA) is 121 Å². The van der Waals surface area contributed by atoms with Gasteiger partial charge in [-0.15, -0.1) is 0 Å². The van der Waals surface area contributed by atoms with Gasteiger partial charge in [-0.25, -0.2) is 9.59 Å². The smallest absolute Gasteiger partial charge is 0.410 e. The van der Waals surface area contributed by atoms with E-state index in [-0.39, 0.29) is 17.7 Å². The van der Waals surface area contributed by atoms with Crippen molar-refractivity contribution in [1.82, 2.24) is 10.6 Å². The molecule has 0 radical (unpaired) electrons. The average molecular weight is 459 g/mol. The summed E-state index contributed by atoms with van der Waals surface area (Å²) in [6, 6.07) is 0. The first-order valence-electron chi connectivity index (χ1n) is 10.3. The Morgan fingerprint density at radius 3 is 2.28 bits per heavy atom. The summed E-state index contributed by atoms with van der Waals surface area (Å²) in [5, 5.41) is 5.00. The Kier molecular flexibility index (Phi) is 13.3. The van der Waals surface area contributed by atoms with Crippen LogP contribution in [0.2, 0.25) is 0 Å². The van der Waals surface area contributed by atoms with Crippen LogP contribution in [0, 0.1) is 0 Å². The number of carbonyl (C=O) groups excluding carboxylic acids is 3. The molecule has 0 aromatic rings. The number of nitrogens with one attached hydrogen (secondary N) is 2. The molecule has 0 aliphatic rings. The number of ether oxygens (including phenoxy) is 5. The maximum absolute atomic E-state index is 12.0. The van der Waals surface area contributed by atoms with Gasteiger partial charge >= 0.3 is 12.1 Å². The molecule has 2 N–H and O–H groups in total. The largest absolute Gasteiger partial charge is 0.499 e. The highest BCUT2D eigenvalue weighted by Crippen LogP contribution is 2.18. The predicted molar refractivity (Wildman–Crippen MR) is 119 cm³/mol. The molecule has 0 aromatic heterocycles. The number of methoxy groups -OCH3 is 2. The van der Waals surface area contributed by atoms with Gasteiger partial charge in [-0.3, -0.25) is 4.79 Å². The molecular formula is C22H38N2O8. The van der Waals surface area contributed by atoms with Crippen LogP contribution in [-0.4, -0.2) is 69.9 Å². The van der Waals surface area contributed by atoms with Crippen LogP contribution in [0.15, 0.2) is 24.0 Å². The number of hydrogen-bond donors (Lipinski definition) is 2. The molecule has 184 valence electrons. The lowest BCUT2D eigenvalue weighted by Gasteiger charge is -2.29. The second kappa shape index (κ2) is 14.5. The fourth-order valence-corrected chi connectivity index (χ4v) is 2.23. The molecule has 2 amide bonds. The monoisotopic (exact) mass is 458 g/mol. The van der Waals surface area contributed by atoms with Gasteiger partial charge in [-0.1, -0.05) is 6.58 Å². The van der Waals surface area contributed by atoms with E-state index in [2.05, 4.69) is 17.2 Å². The molecule has 32 heavy (non-hydrogen) atoms. The quantitative estimate of drug-likeness (QED) is 0.0903. The first-order chi connectivity index (χ1) is 14.9. The summed E-state index contributed by atoms with van der Waals surface area (Å²) < 4.78 is 26.3. The van der Waals surface area contributed by atoms with Crippen molar-refractivity contribution in [3.8, 4) is 0 Å². The van der Waals surface area contributed by atoms with Crippen LogP contribution >= 0.6 is 0 Å². The molecule has 10 nitrogen and oxygen atoms in total. The minimum atomic E-state index is -1.13. The standard InChI is InChI=1S/C22H38N2O8/c1-16(13-18(28-7)14-23-15-25)19(26)31-17(2)32-20(27)24-11-9-22(5,6)30-12-10-21(3,4)29-8/h13,15,17H,1,9-12,14H2,2-8H3,(H,23,25)(H,24,27).